The van der Waals surface area contributed by atoms with Crippen molar-refractivity contribution in [2.24, 2.45) is 0 Å². The Kier molecular flexibility index (Phi) is 5.55. The van der Waals surface area contributed by atoms with Gasteiger partial charge < -0.3 is 10.6 Å². The van der Waals surface area contributed by atoms with E-state index in [2.05, 4.69) is 10.6 Å². The molecule has 1 unspecified atom stereocenters. The summed E-state index contributed by atoms with van der Waals surface area (Å²) in [5.74, 6) is -0.506. The third-order valence-corrected chi connectivity index (χ3v) is 3.34. The van der Waals surface area contributed by atoms with Gasteiger partial charge in [-0.15, -0.1) is 0 Å². The molecular weight excluding hydrogens is 300 g/mol. The maximum atomic E-state index is 12.4. The summed E-state index contributed by atoms with van der Waals surface area (Å²) in [7, 11) is 0. The zero-order chi connectivity index (χ0) is 15.9. The van der Waals surface area contributed by atoms with Crippen molar-refractivity contribution in [3.8, 4) is 0 Å². The number of hydrogen-bond donors (Lipinski definition) is 2. The molecule has 22 heavy (non-hydrogen) atoms. The lowest BCUT2D eigenvalue weighted by Gasteiger charge is -2.18. The van der Waals surface area contributed by atoms with Gasteiger partial charge in [0.25, 0.3) is 0 Å². The molecule has 5 heteroatoms. The number of carbonyl (C=O) groups is 2. The van der Waals surface area contributed by atoms with Crippen LogP contribution in [0.15, 0.2) is 54.6 Å². The van der Waals surface area contributed by atoms with Crippen molar-refractivity contribution in [1.82, 2.24) is 5.32 Å². The summed E-state index contributed by atoms with van der Waals surface area (Å²) in [4.78, 5) is 23.7. The Morgan fingerprint density at radius 1 is 1.05 bits per heavy atom. The van der Waals surface area contributed by atoms with Crippen LogP contribution < -0.4 is 10.6 Å². The van der Waals surface area contributed by atoms with Gasteiger partial charge in [0.15, 0.2) is 0 Å². The van der Waals surface area contributed by atoms with Crippen LogP contribution in [0.2, 0.25) is 5.02 Å². The van der Waals surface area contributed by atoms with Gasteiger partial charge in [-0.05, 0) is 29.8 Å². The number of nitrogens with one attached hydrogen (secondary N) is 2. The molecule has 2 rings (SSSR count). The molecule has 0 saturated heterocycles. The molecule has 2 N–H and O–H groups in total. The van der Waals surface area contributed by atoms with Crippen LogP contribution in [0.5, 0.6) is 0 Å². The summed E-state index contributed by atoms with van der Waals surface area (Å²) < 4.78 is 0. The summed E-state index contributed by atoms with van der Waals surface area (Å²) in [6.07, 6.45) is 0.430. The molecule has 0 spiro atoms. The molecular formula is C17H17ClN2O2. The van der Waals surface area contributed by atoms with E-state index in [9.17, 15) is 9.59 Å². The lowest BCUT2D eigenvalue weighted by Crippen LogP contribution is -2.44. The minimum absolute atomic E-state index is 0.243. The standard InChI is InChI=1S/C17H17ClN2O2/c1-12(21)19-16(11-13-5-3-2-4-6-13)17(22)20-15-9-7-14(18)8-10-15/h2-10,16H,11H2,1H3,(H,19,21)(H,20,22). The fourth-order valence-electron chi connectivity index (χ4n) is 2.07. The maximum Gasteiger partial charge on any atom is 0.247 e. The van der Waals surface area contributed by atoms with E-state index in [4.69, 9.17) is 11.6 Å². The van der Waals surface area contributed by atoms with E-state index in [1.807, 2.05) is 30.3 Å². The van der Waals surface area contributed by atoms with Gasteiger partial charge in [-0.3, -0.25) is 9.59 Å². The molecule has 2 aromatic carbocycles. The van der Waals surface area contributed by atoms with Gasteiger partial charge in [-0.25, -0.2) is 0 Å². The largest absolute Gasteiger partial charge is 0.344 e. The van der Waals surface area contributed by atoms with Crippen molar-refractivity contribution in [2.75, 3.05) is 5.32 Å². The molecule has 0 aliphatic rings. The Hall–Kier alpha value is -2.33. The smallest absolute Gasteiger partial charge is 0.247 e. The van der Waals surface area contributed by atoms with Crippen LogP contribution >= 0.6 is 11.6 Å². The first kappa shape index (κ1) is 16.0. The number of benzene rings is 2. The van der Waals surface area contributed by atoms with Crippen LogP contribution in [-0.4, -0.2) is 17.9 Å². The number of halogens is 1. The van der Waals surface area contributed by atoms with E-state index < -0.39 is 6.04 Å². The van der Waals surface area contributed by atoms with Crippen molar-refractivity contribution in [3.05, 3.63) is 65.2 Å². The van der Waals surface area contributed by atoms with Crippen LogP contribution in [-0.2, 0) is 16.0 Å². The SMILES string of the molecule is CC(=O)NC(Cc1ccccc1)C(=O)Nc1ccc(Cl)cc1. The molecule has 1 atom stereocenters. The Labute approximate surface area is 134 Å². The quantitative estimate of drug-likeness (QED) is 0.891. The first-order chi connectivity index (χ1) is 10.5. The predicted molar refractivity (Wildman–Crippen MR) is 87.8 cm³/mol. The molecule has 0 aromatic heterocycles. The average Bonchev–Trinajstić information content (AvgIpc) is 2.49. The van der Waals surface area contributed by atoms with Crippen LogP contribution in [0.25, 0.3) is 0 Å². The first-order valence-electron chi connectivity index (χ1n) is 6.92. The molecule has 0 bridgehead atoms. The van der Waals surface area contributed by atoms with Gasteiger partial charge in [-0.2, -0.15) is 0 Å². The van der Waals surface area contributed by atoms with Crippen LogP contribution in [0.1, 0.15) is 12.5 Å². The number of hydrogen-bond acceptors (Lipinski definition) is 2. The van der Waals surface area contributed by atoms with Gasteiger partial charge in [0.2, 0.25) is 11.8 Å². The number of amides is 2. The first-order valence-corrected chi connectivity index (χ1v) is 7.30. The second-order valence-corrected chi connectivity index (χ2v) is 5.38. The van der Waals surface area contributed by atoms with Gasteiger partial charge in [0.1, 0.15) is 6.04 Å². The summed E-state index contributed by atoms with van der Waals surface area (Å²) in [6, 6.07) is 15.7. The Balaban J connectivity index is 2.08. The zero-order valence-corrected chi connectivity index (χ0v) is 12.9. The minimum Gasteiger partial charge on any atom is -0.344 e. The van der Waals surface area contributed by atoms with Crippen LogP contribution in [0.4, 0.5) is 5.69 Å². The highest BCUT2D eigenvalue weighted by Crippen LogP contribution is 2.14. The summed E-state index contributed by atoms with van der Waals surface area (Å²) in [6.45, 7) is 1.40. The molecule has 4 nitrogen and oxygen atoms in total. The molecule has 2 aromatic rings. The monoisotopic (exact) mass is 316 g/mol. The third kappa shape index (κ3) is 4.90. The van der Waals surface area contributed by atoms with E-state index in [1.54, 1.807) is 24.3 Å². The molecule has 2 amide bonds. The number of carbonyl (C=O) groups excluding carboxylic acids is 2. The van der Waals surface area contributed by atoms with E-state index in [-0.39, 0.29) is 11.8 Å². The normalized spacial score (nSPS) is 11.5. The summed E-state index contributed by atoms with van der Waals surface area (Å²) in [5, 5.41) is 6.06. The van der Waals surface area contributed by atoms with Gasteiger partial charge in [-0.1, -0.05) is 41.9 Å². The predicted octanol–water partition coefficient (Wildman–Crippen LogP) is 3.03. The van der Waals surface area contributed by atoms with Crippen LogP contribution in [0, 0.1) is 0 Å². The van der Waals surface area contributed by atoms with Crippen LogP contribution in [0.3, 0.4) is 0 Å². The van der Waals surface area contributed by atoms with Crippen molar-refractivity contribution < 1.29 is 9.59 Å². The molecule has 0 saturated carbocycles. The fourth-order valence-corrected chi connectivity index (χ4v) is 2.19. The van der Waals surface area contributed by atoms with Gasteiger partial charge in [0, 0.05) is 24.1 Å². The number of rotatable bonds is 5. The molecule has 0 radical (unpaired) electrons. The maximum absolute atomic E-state index is 12.4. The second kappa shape index (κ2) is 7.61. The molecule has 0 aliphatic carbocycles. The van der Waals surface area contributed by atoms with E-state index in [0.29, 0.717) is 17.1 Å². The number of anilines is 1. The van der Waals surface area contributed by atoms with Crippen molar-refractivity contribution >= 4 is 29.1 Å². The minimum atomic E-state index is -0.629. The van der Waals surface area contributed by atoms with E-state index in [1.165, 1.54) is 6.92 Å². The zero-order valence-electron chi connectivity index (χ0n) is 12.2. The highest BCUT2D eigenvalue weighted by molar-refractivity contribution is 6.30. The molecule has 114 valence electrons. The Morgan fingerprint density at radius 2 is 1.68 bits per heavy atom. The van der Waals surface area contributed by atoms with Gasteiger partial charge >= 0.3 is 0 Å². The Bertz CT molecular complexity index is 641. The molecule has 0 heterocycles. The van der Waals surface area contributed by atoms with Crippen molar-refractivity contribution in [3.63, 3.8) is 0 Å². The average molecular weight is 317 g/mol. The topological polar surface area (TPSA) is 58.2 Å². The van der Waals surface area contributed by atoms with Crippen molar-refractivity contribution in [2.45, 2.75) is 19.4 Å². The summed E-state index contributed by atoms with van der Waals surface area (Å²) in [5.41, 5.74) is 1.62. The molecule has 0 fully saturated rings. The van der Waals surface area contributed by atoms with Crippen molar-refractivity contribution in [1.29, 1.82) is 0 Å². The van der Waals surface area contributed by atoms with E-state index >= 15 is 0 Å². The highest BCUT2D eigenvalue weighted by atomic mass is 35.5. The third-order valence-electron chi connectivity index (χ3n) is 3.09. The lowest BCUT2D eigenvalue weighted by atomic mass is 10.1. The molecule has 0 aliphatic heterocycles. The fraction of sp³-hybridized carbons (Fsp3) is 0.176. The van der Waals surface area contributed by atoms with E-state index in [0.717, 1.165) is 5.56 Å². The lowest BCUT2D eigenvalue weighted by molar-refractivity contribution is -0.125. The Morgan fingerprint density at radius 3 is 2.27 bits per heavy atom. The highest BCUT2D eigenvalue weighted by Gasteiger charge is 2.20. The second-order valence-electron chi connectivity index (χ2n) is 4.94. The van der Waals surface area contributed by atoms with Gasteiger partial charge in [0.05, 0.1) is 0 Å². The summed E-state index contributed by atoms with van der Waals surface area (Å²) >= 11 is 5.82.